The van der Waals surface area contributed by atoms with Crippen molar-refractivity contribution in [2.75, 3.05) is 6.61 Å². The molecule has 0 aromatic carbocycles. The highest BCUT2D eigenvalue weighted by atomic mass is 16.4. The van der Waals surface area contributed by atoms with Gasteiger partial charge in [0.25, 0.3) is 0 Å². The summed E-state index contributed by atoms with van der Waals surface area (Å²) in [5, 5.41) is 36.9. The van der Waals surface area contributed by atoms with Gasteiger partial charge in [-0.2, -0.15) is 0 Å². The van der Waals surface area contributed by atoms with E-state index in [9.17, 15) is 15.3 Å². The molecule has 4 unspecified atom stereocenters. The first-order valence-corrected chi connectivity index (χ1v) is 4.80. The largest absolute Gasteiger partial charge is 0.395 e. The van der Waals surface area contributed by atoms with Gasteiger partial charge in [0.2, 0.25) is 0 Å². The van der Waals surface area contributed by atoms with Gasteiger partial charge in [0, 0.05) is 0 Å². The molecular weight excluding hydrogens is 186 g/mol. The molecule has 0 bridgehead atoms. The summed E-state index contributed by atoms with van der Waals surface area (Å²) in [5.41, 5.74) is 5.31. The first kappa shape index (κ1) is 13.8. The second-order valence-corrected chi connectivity index (χ2v) is 4.02. The summed E-state index contributed by atoms with van der Waals surface area (Å²) in [4.78, 5) is 0. The first-order chi connectivity index (χ1) is 6.40. The molecule has 0 aliphatic carbocycles. The van der Waals surface area contributed by atoms with Crippen LogP contribution in [0.4, 0.5) is 0 Å². The molecule has 0 fully saturated rings. The topological polar surface area (TPSA) is 107 Å². The van der Waals surface area contributed by atoms with Crippen LogP contribution in [0.2, 0.25) is 0 Å². The molecule has 0 aliphatic heterocycles. The number of hydrogen-bond acceptors (Lipinski definition) is 5. The minimum absolute atomic E-state index is 0.220. The molecule has 5 nitrogen and oxygen atoms in total. The number of rotatable bonds is 6. The Morgan fingerprint density at radius 3 is 1.93 bits per heavy atom. The van der Waals surface area contributed by atoms with E-state index in [1.54, 1.807) is 0 Å². The SMILES string of the molecule is CC(C)CC(O)C(O)C(O)C(N)CO. The molecule has 4 atom stereocenters. The van der Waals surface area contributed by atoms with E-state index in [2.05, 4.69) is 0 Å². The molecule has 0 rings (SSSR count). The molecule has 86 valence electrons. The molecular formula is C9H21NO4. The summed E-state index contributed by atoms with van der Waals surface area (Å²) < 4.78 is 0. The van der Waals surface area contributed by atoms with Gasteiger partial charge >= 0.3 is 0 Å². The first-order valence-electron chi connectivity index (χ1n) is 4.80. The van der Waals surface area contributed by atoms with Crippen LogP contribution in [0.15, 0.2) is 0 Å². The van der Waals surface area contributed by atoms with Crippen LogP contribution in [0.25, 0.3) is 0 Å². The Morgan fingerprint density at radius 1 is 1.07 bits per heavy atom. The maximum Gasteiger partial charge on any atom is 0.107 e. The zero-order chi connectivity index (χ0) is 11.3. The van der Waals surface area contributed by atoms with Crippen molar-refractivity contribution in [2.24, 2.45) is 11.7 Å². The molecule has 0 saturated heterocycles. The summed E-state index contributed by atoms with van der Waals surface area (Å²) in [7, 11) is 0. The lowest BCUT2D eigenvalue weighted by Crippen LogP contribution is -2.50. The standard InChI is InChI=1S/C9H21NO4/c1-5(2)3-7(12)9(14)8(13)6(10)4-11/h5-9,11-14H,3-4,10H2,1-2H3. The van der Waals surface area contributed by atoms with Crippen LogP contribution in [0.5, 0.6) is 0 Å². The van der Waals surface area contributed by atoms with Gasteiger partial charge in [0.15, 0.2) is 0 Å². The Hall–Kier alpha value is -0.200. The van der Waals surface area contributed by atoms with Crippen LogP contribution in [-0.2, 0) is 0 Å². The lowest BCUT2D eigenvalue weighted by molar-refractivity contribution is -0.0780. The molecule has 0 heterocycles. The van der Waals surface area contributed by atoms with Crippen molar-refractivity contribution >= 4 is 0 Å². The van der Waals surface area contributed by atoms with Crippen molar-refractivity contribution in [2.45, 2.75) is 44.6 Å². The Bertz CT molecular complexity index is 154. The van der Waals surface area contributed by atoms with E-state index in [4.69, 9.17) is 10.8 Å². The normalized spacial score (nSPS) is 20.6. The maximum absolute atomic E-state index is 9.46. The highest BCUT2D eigenvalue weighted by Crippen LogP contribution is 2.11. The van der Waals surface area contributed by atoms with Crippen molar-refractivity contribution in [3.63, 3.8) is 0 Å². The smallest absolute Gasteiger partial charge is 0.107 e. The summed E-state index contributed by atoms with van der Waals surface area (Å²) in [6.07, 6.45) is -3.23. The Morgan fingerprint density at radius 2 is 1.57 bits per heavy atom. The van der Waals surface area contributed by atoms with E-state index in [1.165, 1.54) is 0 Å². The number of hydrogen-bond donors (Lipinski definition) is 5. The fourth-order valence-corrected chi connectivity index (χ4v) is 1.21. The van der Waals surface area contributed by atoms with Gasteiger partial charge in [0.1, 0.15) is 6.10 Å². The van der Waals surface area contributed by atoms with Crippen LogP contribution in [-0.4, -0.2) is 51.4 Å². The van der Waals surface area contributed by atoms with E-state index < -0.39 is 31.0 Å². The van der Waals surface area contributed by atoms with Crippen LogP contribution in [0, 0.1) is 5.92 Å². The average Bonchev–Trinajstić information content (AvgIpc) is 2.13. The average molecular weight is 207 g/mol. The molecule has 0 saturated carbocycles. The highest BCUT2D eigenvalue weighted by Gasteiger charge is 2.29. The molecule has 0 spiro atoms. The van der Waals surface area contributed by atoms with Gasteiger partial charge in [-0.15, -0.1) is 0 Å². The molecule has 6 N–H and O–H groups in total. The fourth-order valence-electron chi connectivity index (χ4n) is 1.21. The number of aliphatic hydroxyl groups is 4. The lowest BCUT2D eigenvalue weighted by Gasteiger charge is -2.27. The van der Waals surface area contributed by atoms with Crippen molar-refractivity contribution in [3.05, 3.63) is 0 Å². The Balaban J connectivity index is 4.09. The van der Waals surface area contributed by atoms with Crippen molar-refractivity contribution in [1.29, 1.82) is 0 Å². The van der Waals surface area contributed by atoms with Gasteiger partial charge < -0.3 is 26.2 Å². The fraction of sp³-hybridized carbons (Fsp3) is 1.00. The molecule has 14 heavy (non-hydrogen) atoms. The van der Waals surface area contributed by atoms with Gasteiger partial charge in [-0.3, -0.25) is 0 Å². The molecule has 5 heteroatoms. The predicted molar refractivity (Wildman–Crippen MR) is 52.5 cm³/mol. The second kappa shape index (κ2) is 6.31. The molecule has 0 radical (unpaired) electrons. The van der Waals surface area contributed by atoms with E-state index in [0.29, 0.717) is 6.42 Å². The van der Waals surface area contributed by atoms with Gasteiger partial charge in [0.05, 0.1) is 24.9 Å². The summed E-state index contributed by atoms with van der Waals surface area (Å²) in [6.45, 7) is 3.37. The predicted octanol–water partition coefficient (Wildman–Crippen LogP) is -1.57. The van der Waals surface area contributed by atoms with E-state index in [0.717, 1.165) is 0 Å². The van der Waals surface area contributed by atoms with Crippen LogP contribution in [0.3, 0.4) is 0 Å². The van der Waals surface area contributed by atoms with Crippen molar-refractivity contribution in [3.8, 4) is 0 Å². The van der Waals surface area contributed by atoms with Gasteiger partial charge in [-0.25, -0.2) is 0 Å². The van der Waals surface area contributed by atoms with Crippen LogP contribution in [0.1, 0.15) is 20.3 Å². The third kappa shape index (κ3) is 4.34. The molecule has 0 aromatic heterocycles. The third-order valence-corrected chi connectivity index (χ3v) is 2.11. The maximum atomic E-state index is 9.46. The molecule has 0 aromatic rings. The van der Waals surface area contributed by atoms with Crippen molar-refractivity contribution < 1.29 is 20.4 Å². The zero-order valence-corrected chi connectivity index (χ0v) is 8.67. The monoisotopic (exact) mass is 207 g/mol. The molecule has 0 aliphatic rings. The summed E-state index contributed by atoms with van der Waals surface area (Å²) in [6, 6.07) is -0.924. The minimum Gasteiger partial charge on any atom is -0.395 e. The quantitative estimate of drug-likeness (QED) is 0.362. The van der Waals surface area contributed by atoms with Gasteiger partial charge in [-0.1, -0.05) is 13.8 Å². The number of nitrogens with two attached hydrogens (primary N) is 1. The second-order valence-electron chi connectivity index (χ2n) is 4.02. The van der Waals surface area contributed by atoms with E-state index in [1.807, 2.05) is 13.8 Å². The van der Waals surface area contributed by atoms with Gasteiger partial charge in [-0.05, 0) is 12.3 Å². The lowest BCUT2D eigenvalue weighted by atomic mass is 9.96. The van der Waals surface area contributed by atoms with E-state index in [-0.39, 0.29) is 5.92 Å². The third-order valence-electron chi connectivity index (χ3n) is 2.11. The highest BCUT2D eigenvalue weighted by molar-refractivity contribution is 4.83. The Kier molecular flexibility index (Phi) is 6.22. The summed E-state index contributed by atoms with van der Waals surface area (Å²) in [5.74, 6) is 0.220. The minimum atomic E-state index is -1.31. The molecule has 0 amide bonds. The Labute approximate surface area is 84.2 Å². The van der Waals surface area contributed by atoms with E-state index >= 15 is 0 Å². The van der Waals surface area contributed by atoms with Crippen molar-refractivity contribution in [1.82, 2.24) is 0 Å². The van der Waals surface area contributed by atoms with Crippen LogP contribution >= 0.6 is 0 Å². The zero-order valence-electron chi connectivity index (χ0n) is 8.67. The summed E-state index contributed by atoms with van der Waals surface area (Å²) >= 11 is 0. The van der Waals surface area contributed by atoms with Crippen LogP contribution < -0.4 is 5.73 Å². The number of aliphatic hydroxyl groups excluding tert-OH is 4.